The van der Waals surface area contributed by atoms with Crippen LogP contribution in [0.4, 0.5) is 16.2 Å². The molecule has 2 amide bonds. The molecule has 4 nitrogen and oxygen atoms in total. The lowest BCUT2D eigenvalue weighted by Crippen LogP contribution is -2.19. The quantitative estimate of drug-likeness (QED) is 0.866. The van der Waals surface area contributed by atoms with Gasteiger partial charge in [-0.3, -0.25) is 4.98 Å². The first-order valence-electron chi connectivity index (χ1n) is 5.39. The van der Waals surface area contributed by atoms with Gasteiger partial charge in [0.25, 0.3) is 0 Å². The fourth-order valence-electron chi connectivity index (χ4n) is 1.48. The second kappa shape index (κ2) is 5.51. The first-order valence-corrected chi connectivity index (χ1v) is 5.77. The number of urea groups is 1. The number of hydrogen-bond donors (Lipinski definition) is 2. The largest absolute Gasteiger partial charge is 0.323 e. The van der Waals surface area contributed by atoms with Gasteiger partial charge in [0.15, 0.2) is 0 Å². The normalized spacial score (nSPS) is 9.89. The number of benzene rings is 1. The molecular formula is C13H12ClN3O. The number of aryl methyl sites for hydroxylation is 1. The molecule has 0 atom stereocenters. The molecule has 0 saturated carbocycles. The van der Waals surface area contributed by atoms with Crippen molar-refractivity contribution in [2.75, 3.05) is 10.6 Å². The Morgan fingerprint density at radius 3 is 2.72 bits per heavy atom. The van der Waals surface area contributed by atoms with Crippen LogP contribution in [-0.4, -0.2) is 11.0 Å². The molecule has 0 saturated heterocycles. The lowest BCUT2D eigenvalue weighted by molar-refractivity contribution is 0.262. The second-order valence-corrected chi connectivity index (χ2v) is 4.22. The molecule has 0 radical (unpaired) electrons. The smallest absolute Gasteiger partial charge is 0.307 e. The Labute approximate surface area is 110 Å². The summed E-state index contributed by atoms with van der Waals surface area (Å²) in [6.45, 7) is 1.93. The molecule has 1 aromatic heterocycles. The summed E-state index contributed by atoms with van der Waals surface area (Å²) in [5, 5.41) is 5.89. The van der Waals surface area contributed by atoms with Gasteiger partial charge in [-0.25, -0.2) is 4.79 Å². The first kappa shape index (κ1) is 12.4. The van der Waals surface area contributed by atoms with Crippen LogP contribution in [0.1, 0.15) is 5.56 Å². The Balaban J connectivity index is 2.03. The van der Waals surface area contributed by atoms with Crippen LogP contribution in [0.5, 0.6) is 0 Å². The van der Waals surface area contributed by atoms with E-state index >= 15 is 0 Å². The molecule has 0 aliphatic heterocycles. The van der Waals surface area contributed by atoms with Crippen molar-refractivity contribution >= 4 is 29.0 Å². The van der Waals surface area contributed by atoms with Crippen LogP contribution >= 0.6 is 11.6 Å². The SMILES string of the molecule is Cc1ccccc1NC(=O)Nc1cncc(Cl)c1. The van der Waals surface area contributed by atoms with Crippen molar-refractivity contribution in [3.63, 3.8) is 0 Å². The zero-order chi connectivity index (χ0) is 13.0. The molecule has 2 aromatic rings. The Kier molecular flexibility index (Phi) is 3.79. The van der Waals surface area contributed by atoms with Crippen LogP contribution in [0.3, 0.4) is 0 Å². The van der Waals surface area contributed by atoms with Crippen molar-refractivity contribution in [2.45, 2.75) is 6.92 Å². The fraction of sp³-hybridized carbons (Fsp3) is 0.0769. The number of halogens is 1. The van der Waals surface area contributed by atoms with E-state index in [0.717, 1.165) is 11.3 Å². The number of carbonyl (C=O) groups is 1. The third kappa shape index (κ3) is 3.21. The van der Waals surface area contributed by atoms with Crippen molar-refractivity contribution in [1.82, 2.24) is 4.98 Å². The van der Waals surface area contributed by atoms with Gasteiger partial charge in [-0.1, -0.05) is 29.8 Å². The molecule has 0 bridgehead atoms. The van der Waals surface area contributed by atoms with E-state index in [1.54, 1.807) is 6.07 Å². The molecule has 1 aromatic carbocycles. The third-order valence-electron chi connectivity index (χ3n) is 2.36. The number of nitrogens with zero attached hydrogens (tertiary/aromatic N) is 1. The summed E-state index contributed by atoms with van der Waals surface area (Å²) in [4.78, 5) is 15.6. The molecule has 0 aliphatic rings. The minimum Gasteiger partial charge on any atom is -0.307 e. The molecular weight excluding hydrogens is 250 g/mol. The number of rotatable bonds is 2. The molecule has 1 heterocycles. The van der Waals surface area contributed by atoms with Gasteiger partial charge in [-0.05, 0) is 24.6 Å². The molecule has 18 heavy (non-hydrogen) atoms. The summed E-state index contributed by atoms with van der Waals surface area (Å²) in [5.74, 6) is 0. The van der Waals surface area contributed by atoms with Gasteiger partial charge >= 0.3 is 6.03 Å². The highest BCUT2D eigenvalue weighted by Crippen LogP contribution is 2.15. The summed E-state index contributed by atoms with van der Waals surface area (Å²) in [6, 6.07) is 8.85. The van der Waals surface area contributed by atoms with Crippen LogP contribution < -0.4 is 10.6 Å². The number of amides is 2. The maximum atomic E-state index is 11.8. The predicted molar refractivity (Wildman–Crippen MR) is 73.1 cm³/mol. The lowest BCUT2D eigenvalue weighted by atomic mass is 10.2. The standard InChI is InChI=1S/C13H12ClN3O/c1-9-4-2-3-5-12(9)17-13(18)16-11-6-10(14)7-15-8-11/h2-8H,1H3,(H2,16,17,18). The highest BCUT2D eigenvalue weighted by molar-refractivity contribution is 6.30. The minimum absolute atomic E-state index is 0.326. The molecule has 5 heteroatoms. The summed E-state index contributed by atoms with van der Waals surface area (Å²) < 4.78 is 0. The topological polar surface area (TPSA) is 54.0 Å². The van der Waals surface area contributed by atoms with Gasteiger partial charge in [0.2, 0.25) is 0 Å². The Morgan fingerprint density at radius 1 is 1.22 bits per heavy atom. The highest BCUT2D eigenvalue weighted by Gasteiger charge is 2.04. The van der Waals surface area contributed by atoms with Crippen LogP contribution in [0.2, 0.25) is 5.02 Å². The van der Waals surface area contributed by atoms with Crippen molar-refractivity contribution in [1.29, 1.82) is 0 Å². The average molecular weight is 262 g/mol. The first-order chi connectivity index (χ1) is 8.65. The van der Waals surface area contributed by atoms with Crippen LogP contribution in [0.15, 0.2) is 42.7 Å². The molecule has 92 valence electrons. The molecule has 0 spiro atoms. The Morgan fingerprint density at radius 2 is 2.00 bits per heavy atom. The van der Waals surface area contributed by atoms with Crippen molar-refractivity contribution in [3.8, 4) is 0 Å². The number of anilines is 2. The van der Waals surface area contributed by atoms with Gasteiger partial charge in [0, 0.05) is 11.9 Å². The van der Waals surface area contributed by atoms with Crippen molar-refractivity contribution in [2.24, 2.45) is 0 Å². The number of aromatic nitrogens is 1. The number of nitrogens with one attached hydrogen (secondary N) is 2. The second-order valence-electron chi connectivity index (χ2n) is 3.79. The number of hydrogen-bond acceptors (Lipinski definition) is 2. The Bertz CT molecular complexity index is 572. The maximum Gasteiger partial charge on any atom is 0.323 e. The maximum absolute atomic E-state index is 11.8. The number of carbonyl (C=O) groups excluding carboxylic acids is 1. The lowest BCUT2D eigenvalue weighted by Gasteiger charge is -2.09. The van der Waals surface area contributed by atoms with Gasteiger partial charge in [-0.2, -0.15) is 0 Å². The van der Waals surface area contributed by atoms with E-state index in [9.17, 15) is 4.79 Å². The van der Waals surface area contributed by atoms with E-state index in [1.165, 1.54) is 12.4 Å². The molecule has 2 rings (SSSR count). The van der Waals surface area contributed by atoms with Crippen molar-refractivity contribution < 1.29 is 4.79 Å². The highest BCUT2D eigenvalue weighted by atomic mass is 35.5. The summed E-state index contributed by atoms with van der Waals surface area (Å²) >= 11 is 5.78. The number of para-hydroxylation sites is 1. The van der Waals surface area contributed by atoms with Crippen LogP contribution in [0, 0.1) is 6.92 Å². The van der Waals surface area contributed by atoms with E-state index in [-0.39, 0.29) is 6.03 Å². The molecule has 2 N–H and O–H groups in total. The van der Waals surface area contributed by atoms with Gasteiger partial charge in [0.05, 0.1) is 16.9 Å². The zero-order valence-electron chi connectivity index (χ0n) is 9.77. The van der Waals surface area contributed by atoms with Gasteiger partial charge in [0.1, 0.15) is 0 Å². The summed E-state index contributed by atoms with van der Waals surface area (Å²) in [6.07, 6.45) is 3.04. The van der Waals surface area contributed by atoms with E-state index in [4.69, 9.17) is 11.6 Å². The van der Waals surface area contributed by atoms with E-state index in [2.05, 4.69) is 15.6 Å². The monoisotopic (exact) mass is 261 g/mol. The Hall–Kier alpha value is -2.07. The van der Waals surface area contributed by atoms with Crippen LogP contribution in [0.25, 0.3) is 0 Å². The molecule has 0 fully saturated rings. The number of pyridine rings is 1. The minimum atomic E-state index is -0.326. The van der Waals surface area contributed by atoms with E-state index in [0.29, 0.717) is 10.7 Å². The fourth-order valence-corrected chi connectivity index (χ4v) is 1.65. The van der Waals surface area contributed by atoms with Crippen LogP contribution in [-0.2, 0) is 0 Å². The average Bonchev–Trinajstić information content (AvgIpc) is 2.32. The zero-order valence-corrected chi connectivity index (χ0v) is 10.5. The third-order valence-corrected chi connectivity index (χ3v) is 2.56. The summed E-state index contributed by atoms with van der Waals surface area (Å²) in [7, 11) is 0. The van der Waals surface area contributed by atoms with E-state index < -0.39 is 0 Å². The van der Waals surface area contributed by atoms with Gasteiger partial charge < -0.3 is 10.6 Å². The summed E-state index contributed by atoms with van der Waals surface area (Å²) in [5.41, 5.74) is 2.32. The van der Waals surface area contributed by atoms with Gasteiger partial charge in [-0.15, -0.1) is 0 Å². The molecule has 0 aliphatic carbocycles. The molecule has 0 unspecified atom stereocenters. The predicted octanol–water partition coefficient (Wildman–Crippen LogP) is 3.69. The van der Waals surface area contributed by atoms with E-state index in [1.807, 2.05) is 31.2 Å². The van der Waals surface area contributed by atoms with Crippen molar-refractivity contribution in [3.05, 3.63) is 53.3 Å².